The van der Waals surface area contributed by atoms with Gasteiger partial charge < -0.3 is 9.64 Å². The van der Waals surface area contributed by atoms with Crippen molar-refractivity contribution in [2.45, 2.75) is 43.7 Å². The lowest BCUT2D eigenvalue weighted by molar-refractivity contribution is -0.144. The second-order valence-corrected chi connectivity index (χ2v) is 7.86. The zero-order chi connectivity index (χ0) is 21.0. The Bertz CT molecular complexity index is 1100. The van der Waals surface area contributed by atoms with Gasteiger partial charge in [-0.25, -0.2) is 4.68 Å². The number of rotatable bonds is 4. The van der Waals surface area contributed by atoms with Crippen LogP contribution in [0.15, 0.2) is 24.4 Å². The molecule has 1 saturated heterocycles. The Balaban J connectivity index is 1.40. The summed E-state index contributed by atoms with van der Waals surface area (Å²) in [6, 6.07) is 4.69. The predicted octanol–water partition coefficient (Wildman–Crippen LogP) is 0.233. The van der Waals surface area contributed by atoms with Crippen molar-refractivity contribution >= 4 is 23.7 Å². The predicted molar refractivity (Wildman–Crippen MR) is 100 cm³/mol. The number of esters is 1. The summed E-state index contributed by atoms with van der Waals surface area (Å²) < 4.78 is 6.41. The Morgan fingerprint density at radius 3 is 2.77 bits per heavy atom. The van der Waals surface area contributed by atoms with Crippen molar-refractivity contribution in [2.75, 3.05) is 7.11 Å². The molecule has 30 heavy (non-hydrogen) atoms. The summed E-state index contributed by atoms with van der Waals surface area (Å²) in [5.41, 5.74) is 1.76. The molecule has 1 N–H and O–H groups in total. The third-order valence-electron chi connectivity index (χ3n) is 6.09. The fraction of sp³-hybridized carbons (Fsp3) is 0.400. The maximum absolute atomic E-state index is 13.0. The van der Waals surface area contributed by atoms with Crippen LogP contribution in [0.1, 0.15) is 47.3 Å². The number of carbonyl (C=O) groups excluding carboxylic acids is 4. The van der Waals surface area contributed by atoms with Crippen LogP contribution in [0.2, 0.25) is 0 Å². The first-order valence-electron chi connectivity index (χ1n) is 9.72. The molecule has 0 bridgehead atoms. The van der Waals surface area contributed by atoms with E-state index in [0.29, 0.717) is 42.8 Å². The summed E-state index contributed by atoms with van der Waals surface area (Å²) in [4.78, 5) is 50.1. The highest BCUT2D eigenvalue weighted by atomic mass is 16.5. The number of imide groups is 1. The van der Waals surface area contributed by atoms with Crippen LogP contribution in [-0.4, -0.2) is 56.7 Å². The molecule has 3 amide bonds. The van der Waals surface area contributed by atoms with E-state index in [1.807, 2.05) is 12.1 Å². The minimum atomic E-state index is -0.720. The van der Waals surface area contributed by atoms with Gasteiger partial charge in [-0.1, -0.05) is 11.3 Å². The van der Waals surface area contributed by atoms with Gasteiger partial charge in [-0.2, -0.15) is 0 Å². The molecular formula is C20H19N5O5. The van der Waals surface area contributed by atoms with Gasteiger partial charge in [0.15, 0.2) is 0 Å². The minimum absolute atomic E-state index is 0.214. The minimum Gasteiger partial charge on any atom is -0.468 e. The fourth-order valence-electron chi connectivity index (χ4n) is 4.18. The average Bonchev–Trinajstić information content (AvgIpc) is 3.28. The van der Waals surface area contributed by atoms with Crippen molar-refractivity contribution in [1.82, 2.24) is 25.2 Å². The molecule has 1 saturated carbocycles. The number of hydrogen-bond donors (Lipinski definition) is 1. The van der Waals surface area contributed by atoms with Gasteiger partial charge in [0.1, 0.15) is 17.2 Å². The highest BCUT2D eigenvalue weighted by Crippen LogP contribution is 2.48. The molecular weight excluding hydrogens is 390 g/mol. The third kappa shape index (κ3) is 2.71. The Morgan fingerprint density at radius 2 is 2.07 bits per heavy atom. The van der Waals surface area contributed by atoms with E-state index in [-0.39, 0.29) is 24.2 Å². The largest absolute Gasteiger partial charge is 0.468 e. The van der Waals surface area contributed by atoms with E-state index in [1.165, 1.54) is 16.7 Å². The van der Waals surface area contributed by atoms with Gasteiger partial charge >= 0.3 is 5.97 Å². The van der Waals surface area contributed by atoms with Crippen LogP contribution in [0.3, 0.4) is 0 Å². The molecule has 1 unspecified atom stereocenters. The summed E-state index contributed by atoms with van der Waals surface area (Å²) in [5.74, 6) is -1.33. The van der Waals surface area contributed by atoms with Crippen molar-refractivity contribution in [2.24, 2.45) is 0 Å². The molecule has 10 heteroatoms. The van der Waals surface area contributed by atoms with Crippen molar-refractivity contribution in [1.29, 1.82) is 0 Å². The molecule has 0 spiro atoms. The summed E-state index contributed by atoms with van der Waals surface area (Å²) >= 11 is 0. The molecule has 3 heterocycles. The highest BCUT2D eigenvalue weighted by Gasteiger charge is 2.55. The van der Waals surface area contributed by atoms with E-state index in [4.69, 9.17) is 4.74 Å². The molecule has 1 atom stereocenters. The maximum Gasteiger partial charge on any atom is 0.318 e. The fourth-order valence-corrected chi connectivity index (χ4v) is 4.18. The van der Waals surface area contributed by atoms with Gasteiger partial charge in [0.05, 0.1) is 19.0 Å². The van der Waals surface area contributed by atoms with Gasteiger partial charge in [-0.15, -0.1) is 5.10 Å². The molecule has 1 aromatic heterocycles. The molecule has 1 aliphatic carbocycles. The van der Waals surface area contributed by atoms with Crippen LogP contribution < -0.4 is 5.32 Å². The normalized spacial score (nSPS) is 22.0. The molecule has 1 aromatic carbocycles. The van der Waals surface area contributed by atoms with E-state index < -0.39 is 17.4 Å². The topological polar surface area (TPSA) is 123 Å². The van der Waals surface area contributed by atoms with E-state index in [0.717, 1.165) is 5.56 Å². The SMILES string of the molecule is COC(=O)C1(c2cn(-c3ccc4c(c3)C(=O)N(C3CCC(=O)NC3=O)C4)nn2)CC1. The second-order valence-electron chi connectivity index (χ2n) is 7.86. The van der Waals surface area contributed by atoms with Crippen molar-refractivity contribution in [3.8, 4) is 5.69 Å². The van der Waals surface area contributed by atoms with E-state index in [2.05, 4.69) is 15.6 Å². The summed E-state index contributed by atoms with van der Waals surface area (Å²) in [6.07, 6.45) is 3.55. The van der Waals surface area contributed by atoms with Gasteiger partial charge in [-0.05, 0) is 37.0 Å². The zero-order valence-corrected chi connectivity index (χ0v) is 16.3. The third-order valence-corrected chi connectivity index (χ3v) is 6.09. The maximum atomic E-state index is 13.0. The number of fused-ring (bicyclic) bond motifs is 1. The van der Waals surface area contributed by atoms with Gasteiger partial charge in [-0.3, -0.25) is 24.5 Å². The van der Waals surface area contributed by atoms with Crippen LogP contribution in [0.5, 0.6) is 0 Å². The molecule has 2 fully saturated rings. The number of carbonyl (C=O) groups is 4. The first-order valence-corrected chi connectivity index (χ1v) is 9.72. The number of nitrogens with one attached hydrogen (secondary N) is 1. The van der Waals surface area contributed by atoms with Crippen LogP contribution in [0.4, 0.5) is 0 Å². The second kappa shape index (κ2) is 6.48. The van der Waals surface area contributed by atoms with Crippen molar-refractivity contribution < 1.29 is 23.9 Å². The van der Waals surface area contributed by atoms with Crippen LogP contribution in [-0.2, 0) is 31.1 Å². The number of methoxy groups -OCH3 is 1. The van der Waals surface area contributed by atoms with Gasteiger partial charge in [0.25, 0.3) is 5.91 Å². The summed E-state index contributed by atoms with van der Waals surface area (Å²) in [6.45, 7) is 0.314. The number of nitrogens with zero attached hydrogens (tertiary/aromatic N) is 4. The number of hydrogen-bond acceptors (Lipinski definition) is 7. The van der Waals surface area contributed by atoms with Crippen molar-refractivity contribution in [3.05, 3.63) is 41.2 Å². The molecule has 2 aromatic rings. The average molecular weight is 409 g/mol. The number of aromatic nitrogens is 3. The molecule has 2 aliphatic heterocycles. The quantitative estimate of drug-likeness (QED) is 0.566. The lowest BCUT2D eigenvalue weighted by atomic mass is 10.0. The Kier molecular flexibility index (Phi) is 3.99. The van der Waals surface area contributed by atoms with Crippen LogP contribution in [0, 0.1) is 0 Å². The molecule has 154 valence electrons. The van der Waals surface area contributed by atoms with Crippen molar-refractivity contribution in [3.63, 3.8) is 0 Å². The molecule has 0 radical (unpaired) electrons. The molecule has 10 nitrogen and oxygen atoms in total. The molecule has 5 rings (SSSR count). The summed E-state index contributed by atoms with van der Waals surface area (Å²) in [5, 5.41) is 10.6. The first-order chi connectivity index (χ1) is 14.4. The van der Waals surface area contributed by atoms with Gasteiger partial charge in [0.2, 0.25) is 11.8 Å². The Hall–Kier alpha value is -3.56. The Morgan fingerprint density at radius 1 is 1.27 bits per heavy atom. The zero-order valence-electron chi connectivity index (χ0n) is 16.3. The van der Waals surface area contributed by atoms with E-state index in [9.17, 15) is 19.2 Å². The van der Waals surface area contributed by atoms with E-state index >= 15 is 0 Å². The van der Waals surface area contributed by atoms with Gasteiger partial charge in [0, 0.05) is 18.5 Å². The van der Waals surface area contributed by atoms with E-state index in [1.54, 1.807) is 12.3 Å². The number of benzene rings is 1. The van der Waals surface area contributed by atoms with Crippen LogP contribution >= 0.6 is 0 Å². The molecule has 3 aliphatic rings. The standard InChI is InChI=1S/C20H19N5O5/c1-30-19(29)20(6-7-20)15-10-25(23-22-15)12-3-2-11-9-24(18(28)13(11)8-12)14-4-5-16(26)21-17(14)27/h2-3,8,10,14H,4-7,9H2,1H3,(H,21,26,27). The number of amides is 3. The first kappa shape index (κ1) is 18.5. The lowest BCUT2D eigenvalue weighted by Gasteiger charge is -2.29. The Labute approximate surface area is 171 Å². The smallest absolute Gasteiger partial charge is 0.318 e. The highest BCUT2D eigenvalue weighted by molar-refractivity contribution is 6.05. The monoisotopic (exact) mass is 409 g/mol. The summed E-state index contributed by atoms with van der Waals surface area (Å²) in [7, 11) is 1.35. The lowest BCUT2D eigenvalue weighted by Crippen LogP contribution is -2.52. The number of piperidine rings is 1. The number of ether oxygens (including phenoxy) is 1. The van der Waals surface area contributed by atoms with Crippen LogP contribution in [0.25, 0.3) is 5.69 Å².